The number of hydrogen-bond donors (Lipinski definition) is 0. The average molecular weight is 435 g/mol. The lowest BCUT2D eigenvalue weighted by atomic mass is 9.91. The highest BCUT2D eigenvalue weighted by Crippen LogP contribution is 2.36. The molecule has 31 heavy (non-hydrogen) atoms. The number of carbonyl (C=O) groups excluding carboxylic acids is 1. The zero-order valence-electron chi connectivity index (χ0n) is 17.2. The van der Waals surface area contributed by atoms with Crippen molar-refractivity contribution in [2.24, 2.45) is 0 Å². The summed E-state index contributed by atoms with van der Waals surface area (Å²) in [6.07, 6.45) is 5.24. The average Bonchev–Trinajstić information content (AvgIpc) is 2.77. The molecule has 0 atom stereocenters. The molecule has 3 rings (SSSR count). The van der Waals surface area contributed by atoms with Gasteiger partial charge in [-0.2, -0.15) is 5.26 Å². The first-order valence-electron chi connectivity index (χ1n) is 9.55. The van der Waals surface area contributed by atoms with Crippen LogP contribution in [0.5, 0.6) is 0 Å². The number of hydrogen-bond acceptors (Lipinski definition) is 4. The van der Waals surface area contributed by atoms with Gasteiger partial charge in [0.25, 0.3) is 0 Å². The second-order valence-electron chi connectivity index (χ2n) is 6.73. The van der Waals surface area contributed by atoms with Gasteiger partial charge in [-0.1, -0.05) is 49.4 Å². The minimum atomic E-state index is -0.487. The Morgan fingerprint density at radius 1 is 1.26 bits per heavy atom. The molecule has 1 aliphatic heterocycles. The van der Waals surface area contributed by atoms with Crippen molar-refractivity contribution in [1.29, 1.82) is 5.26 Å². The largest absolute Gasteiger partial charge is 0.465 e. The third-order valence-electron chi connectivity index (χ3n) is 4.92. The zero-order valence-corrected chi connectivity index (χ0v) is 17.9. The maximum absolute atomic E-state index is 14.7. The number of methoxy groups -OCH3 is 1. The smallest absolute Gasteiger partial charge is 0.337 e. The third kappa shape index (κ3) is 4.45. The van der Waals surface area contributed by atoms with E-state index in [1.54, 1.807) is 35.4 Å². The van der Waals surface area contributed by atoms with Crippen LogP contribution in [-0.4, -0.2) is 18.0 Å². The minimum absolute atomic E-state index is 0.311. The lowest BCUT2D eigenvalue weighted by molar-refractivity contribution is -0.135. The van der Waals surface area contributed by atoms with E-state index in [1.165, 1.54) is 13.2 Å². The van der Waals surface area contributed by atoms with Gasteiger partial charge in [-0.15, -0.1) is 0 Å². The fourth-order valence-corrected chi connectivity index (χ4v) is 3.61. The second kappa shape index (κ2) is 9.46. The number of allylic oxidation sites excluding steroid dienone is 3. The highest BCUT2D eigenvalue weighted by atomic mass is 35.5. The van der Waals surface area contributed by atoms with Crippen LogP contribution in [-0.2, 0) is 9.53 Å². The van der Waals surface area contributed by atoms with E-state index >= 15 is 0 Å². The van der Waals surface area contributed by atoms with E-state index in [0.29, 0.717) is 45.1 Å². The number of carbonyl (C=O) groups is 1. The Kier molecular flexibility index (Phi) is 6.74. The highest BCUT2D eigenvalue weighted by Gasteiger charge is 2.22. The number of esters is 1. The monoisotopic (exact) mass is 434 g/mol. The summed E-state index contributed by atoms with van der Waals surface area (Å²) in [6.45, 7) is 5.90. The van der Waals surface area contributed by atoms with E-state index in [-0.39, 0.29) is 0 Å². The van der Waals surface area contributed by atoms with Crippen molar-refractivity contribution < 1.29 is 13.9 Å². The van der Waals surface area contributed by atoms with Crippen molar-refractivity contribution in [3.63, 3.8) is 0 Å². The van der Waals surface area contributed by atoms with Gasteiger partial charge >= 0.3 is 5.97 Å². The van der Waals surface area contributed by atoms with Crippen molar-refractivity contribution in [1.82, 2.24) is 4.90 Å². The van der Waals surface area contributed by atoms with Crippen LogP contribution in [0.1, 0.15) is 18.9 Å². The van der Waals surface area contributed by atoms with Gasteiger partial charge < -0.3 is 9.64 Å². The van der Waals surface area contributed by atoms with Gasteiger partial charge in [0.15, 0.2) is 0 Å². The Morgan fingerprint density at radius 3 is 2.61 bits per heavy atom. The van der Waals surface area contributed by atoms with Gasteiger partial charge in [-0.25, -0.2) is 9.18 Å². The van der Waals surface area contributed by atoms with Crippen LogP contribution in [0, 0.1) is 17.1 Å². The van der Waals surface area contributed by atoms with Gasteiger partial charge in [0.05, 0.1) is 12.7 Å². The first kappa shape index (κ1) is 22.1. The molecular weight excluding hydrogens is 415 g/mol. The molecule has 0 saturated heterocycles. The lowest BCUT2D eigenvalue weighted by Gasteiger charge is -2.26. The number of rotatable bonds is 5. The number of ether oxygens (including phenoxy) is 1. The molecule has 0 unspecified atom stereocenters. The molecule has 1 heterocycles. The Hall–Kier alpha value is -3.62. The van der Waals surface area contributed by atoms with E-state index in [0.717, 1.165) is 5.56 Å². The Balaban J connectivity index is 2.14. The summed E-state index contributed by atoms with van der Waals surface area (Å²) in [5, 5.41) is 10.3. The molecule has 0 fully saturated rings. The Bertz CT molecular complexity index is 1190. The molecular formula is C25H20ClFN2O2. The molecule has 0 bridgehead atoms. The molecule has 0 spiro atoms. The van der Waals surface area contributed by atoms with Gasteiger partial charge in [0, 0.05) is 22.5 Å². The van der Waals surface area contributed by atoms with Crippen LogP contribution in [0.4, 0.5) is 4.39 Å². The van der Waals surface area contributed by atoms with Crippen molar-refractivity contribution in [2.45, 2.75) is 13.3 Å². The minimum Gasteiger partial charge on any atom is -0.465 e. The summed E-state index contributed by atoms with van der Waals surface area (Å²) in [7, 11) is 1.30. The second-order valence-corrected chi connectivity index (χ2v) is 7.17. The van der Waals surface area contributed by atoms with Crippen molar-refractivity contribution in [3.05, 3.63) is 101 Å². The molecule has 0 saturated carbocycles. The van der Waals surface area contributed by atoms with Crippen molar-refractivity contribution in [3.8, 4) is 17.2 Å². The molecule has 0 radical (unpaired) electrons. The van der Waals surface area contributed by atoms with Gasteiger partial charge in [0.1, 0.15) is 17.6 Å². The first-order valence-corrected chi connectivity index (χ1v) is 9.93. The molecule has 6 heteroatoms. The zero-order chi connectivity index (χ0) is 22.5. The fraction of sp³-hybridized carbons (Fsp3) is 0.120. The molecule has 1 aliphatic rings. The predicted molar refractivity (Wildman–Crippen MR) is 120 cm³/mol. The molecule has 0 aromatic heterocycles. The summed E-state index contributed by atoms with van der Waals surface area (Å²) < 4.78 is 19.4. The maximum atomic E-state index is 14.7. The molecule has 2 aromatic carbocycles. The van der Waals surface area contributed by atoms with Crippen LogP contribution in [0.3, 0.4) is 0 Å². The van der Waals surface area contributed by atoms with E-state index in [2.05, 4.69) is 12.6 Å². The first-order chi connectivity index (χ1) is 14.9. The van der Waals surface area contributed by atoms with Gasteiger partial charge in [-0.05, 0) is 53.5 Å². The Labute approximate surface area is 185 Å². The van der Waals surface area contributed by atoms with Crippen LogP contribution < -0.4 is 0 Å². The van der Waals surface area contributed by atoms with E-state index < -0.39 is 11.8 Å². The molecule has 0 N–H and O–H groups in total. The van der Waals surface area contributed by atoms with Crippen LogP contribution in [0.25, 0.3) is 16.7 Å². The molecule has 0 amide bonds. The molecule has 2 aromatic rings. The summed E-state index contributed by atoms with van der Waals surface area (Å²) in [5.41, 5.74) is 3.61. The maximum Gasteiger partial charge on any atom is 0.337 e. The number of halogens is 2. The van der Waals surface area contributed by atoms with Crippen LogP contribution in [0.2, 0.25) is 5.02 Å². The van der Waals surface area contributed by atoms with E-state index in [4.69, 9.17) is 16.3 Å². The normalized spacial score (nSPS) is 14.0. The summed E-state index contributed by atoms with van der Waals surface area (Å²) in [6, 6.07) is 14.1. The predicted octanol–water partition coefficient (Wildman–Crippen LogP) is 6.23. The quantitative estimate of drug-likeness (QED) is 0.413. The van der Waals surface area contributed by atoms with Crippen molar-refractivity contribution in [2.75, 3.05) is 7.11 Å². The lowest BCUT2D eigenvalue weighted by Crippen LogP contribution is -2.19. The fourth-order valence-electron chi connectivity index (χ4n) is 3.45. The van der Waals surface area contributed by atoms with E-state index in [1.807, 2.05) is 31.2 Å². The SMILES string of the molecule is C=C1C=C(C(=O)OC)C=CN1/C(C#N)=C(\CC)c1ccccc1-c1ccc(Cl)cc1F. The number of benzene rings is 2. The molecule has 156 valence electrons. The van der Waals surface area contributed by atoms with Gasteiger partial charge in [-0.3, -0.25) is 0 Å². The summed E-state index contributed by atoms with van der Waals surface area (Å²) in [5.74, 6) is -0.930. The highest BCUT2D eigenvalue weighted by molar-refractivity contribution is 6.30. The molecule has 0 aliphatic carbocycles. The Morgan fingerprint density at radius 2 is 2.00 bits per heavy atom. The third-order valence-corrected chi connectivity index (χ3v) is 5.15. The van der Waals surface area contributed by atoms with Crippen LogP contribution in [0.15, 0.2) is 84.4 Å². The number of nitriles is 1. The van der Waals surface area contributed by atoms with Crippen molar-refractivity contribution >= 4 is 23.1 Å². The van der Waals surface area contributed by atoms with E-state index in [9.17, 15) is 14.4 Å². The standard InChI is InChI=1S/C25H20ClFN2O2/c1-4-19(24(15-28)29-12-11-17(13-16(29)2)25(30)31-3)20-7-5-6-8-21(20)22-10-9-18(26)14-23(22)27/h5-14H,2,4H2,1,3H3/b24-19+. The van der Waals surface area contributed by atoms with Gasteiger partial charge in [0.2, 0.25) is 0 Å². The number of nitrogens with zero attached hydrogens (tertiary/aromatic N) is 2. The topological polar surface area (TPSA) is 53.3 Å². The summed E-state index contributed by atoms with van der Waals surface area (Å²) in [4.78, 5) is 13.4. The van der Waals surface area contributed by atoms with Crippen LogP contribution >= 0.6 is 11.6 Å². The molecule has 4 nitrogen and oxygen atoms in total. The summed E-state index contributed by atoms with van der Waals surface area (Å²) >= 11 is 5.91.